The molecule has 0 amide bonds. The monoisotopic (exact) mass is 527 g/mol. The first-order chi connectivity index (χ1) is 18.0. The molecule has 3 aromatic rings. The number of hydrogen-bond acceptors (Lipinski definition) is 4. The predicted octanol–water partition coefficient (Wildman–Crippen LogP) is 10.6. The van der Waals surface area contributed by atoms with E-state index >= 15 is 0 Å². The van der Waals surface area contributed by atoms with Crippen molar-refractivity contribution in [2.24, 2.45) is 16.5 Å². The normalized spacial score (nSPS) is 13.2. The van der Waals surface area contributed by atoms with E-state index in [0.29, 0.717) is 23.6 Å². The van der Waals surface area contributed by atoms with E-state index in [9.17, 15) is 4.91 Å². The van der Waals surface area contributed by atoms with Crippen molar-refractivity contribution in [3.8, 4) is 0 Å². The van der Waals surface area contributed by atoms with E-state index in [1.807, 2.05) is 0 Å². The summed E-state index contributed by atoms with van der Waals surface area (Å²) in [7, 11) is 0. The highest BCUT2D eigenvalue weighted by atomic mass is 16.3. The average Bonchev–Trinajstić information content (AvgIpc) is 2.82. The molecule has 0 saturated heterocycles. The molecule has 0 aromatic heterocycles. The standard InChI is InChI=1S/C35H49N3O/c1-24(22-33(2,3)4)19-25-11-13-28(14-12-25)37-29-17-15-27(16-18-29)36-23-26-20-30(34(5,6)7)32(38-39)31(21-26)35(8,9)10/h11-18,20-21,24,36-37H,19,22-23H2,1-10H3. The molecule has 0 fully saturated rings. The lowest BCUT2D eigenvalue weighted by atomic mass is 9.78. The van der Waals surface area contributed by atoms with Gasteiger partial charge < -0.3 is 10.6 Å². The minimum atomic E-state index is -0.171. The fraction of sp³-hybridized carbons (Fsp3) is 0.486. The SMILES string of the molecule is CC(Cc1ccc(Nc2ccc(NCc3cc(C(C)(C)C)c(N=O)c(C(C)(C)C)c3)cc2)cc1)CC(C)(C)C. The molecule has 0 aliphatic heterocycles. The molecule has 2 N–H and O–H groups in total. The summed E-state index contributed by atoms with van der Waals surface area (Å²) in [5.41, 5.74) is 8.34. The summed E-state index contributed by atoms with van der Waals surface area (Å²) in [5, 5.41) is 10.5. The Morgan fingerprint density at radius 1 is 0.692 bits per heavy atom. The number of benzene rings is 3. The summed E-state index contributed by atoms with van der Waals surface area (Å²) in [5.74, 6) is 0.670. The van der Waals surface area contributed by atoms with Gasteiger partial charge in [0.2, 0.25) is 0 Å². The zero-order valence-corrected chi connectivity index (χ0v) is 25.8. The van der Waals surface area contributed by atoms with Gasteiger partial charge in [-0.2, -0.15) is 0 Å². The van der Waals surface area contributed by atoms with Gasteiger partial charge >= 0.3 is 0 Å². The van der Waals surface area contributed by atoms with Crippen LogP contribution in [0.3, 0.4) is 0 Å². The number of anilines is 3. The molecule has 4 nitrogen and oxygen atoms in total. The quantitative estimate of drug-likeness (QED) is 0.272. The Morgan fingerprint density at radius 3 is 1.59 bits per heavy atom. The third-order valence-electron chi connectivity index (χ3n) is 7.05. The molecule has 210 valence electrons. The average molecular weight is 528 g/mol. The van der Waals surface area contributed by atoms with Gasteiger partial charge in [-0.15, -0.1) is 4.91 Å². The molecule has 3 aromatic carbocycles. The second kappa shape index (κ2) is 11.9. The maximum Gasteiger partial charge on any atom is 0.115 e. The first kappa shape index (κ1) is 30.4. The van der Waals surface area contributed by atoms with Crippen LogP contribution in [0.2, 0.25) is 0 Å². The minimum Gasteiger partial charge on any atom is -0.381 e. The lowest BCUT2D eigenvalue weighted by molar-refractivity contribution is 0.306. The molecule has 0 radical (unpaired) electrons. The van der Waals surface area contributed by atoms with Crippen LogP contribution in [-0.2, 0) is 23.8 Å². The highest BCUT2D eigenvalue weighted by Crippen LogP contribution is 2.40. The molecular formula is C35H49N3O. The van der Waals surface area contributed by atoms with Crippen LogP contribution in [0.25, 0.3) is 0 Å². The summed E-state index contributed by atoms with van der Waals surface area (Å²) < 4.78 is 0. The Hall–Kier alpha value is -3.14. The largest absolute Gasteiger partial charge is 0.381 e. The fourth-order valence-electron chi connectivity index (χ4n) is 5.32. The topological polar surface area (TPSA) is 53.5 Å². The first-order valence-electron chi connectivity index (χ1n) is 14.3. The zero-order chi connectivity index (χ0) is 29.0. The maximum absolute atomic E-state index is 11.8. The van der Waals surface area contributed by atoms with E-state index in [-0.39, 0.29) is 10.8 Å². The Balaban J connectivity index is 1.66. The molecule has 1 atom stereocenters. The minimum absolute atomic E-state index is 0.171. The molecule has 0 bridgehead atoms. The maximum atomic E-state index is 11.8. The van der Waals surface area contributed by atoms with Gasteiger partial charge in [-0.1, -0.05) is 93.5 Å². The van der Waals surface area contributed by atoms with Crippen LogP contribution in [-0.4, -0.2) is 0 Å². The van der Waals surface area contributed by atoms with Crippen molar-refractivity contribution < 1.29 is 0 Å². The highest BCUT2D eigenvalue weighted by molar-refractivity contribution is 5.63. The Morgan fingerprint density at radius 2 is 1.15 bits per heavy atom. The summed E-state index contributed by atoms with van der Waals surface area (Å²) in [6, 6.07) is 21.5. The summed E-state index contributed by atoms with van der Waals surface area (Å²) in [4.78, 5) is 11.8. The van der Waals surface area contributed by atoms with Gasteiger partial charge in [0.05, 0.1) is 0 Å². The van der Waals surface area contributed by atoms with Crippen LogP contribution >= 0.6 is 0 Å². The van der Waals surface area contributed by atoms with Gasteiger partial charge in [0.1, 0.15) is 5.69 Å². The molecule has 3 rings (SSSR count). The van der Waals surface area contributed by atoms with Gasteiger partial charge in [-0.05, 0) is 98.8 Å². The molecule has 39 heavy (non-hydrogen) atoms. The van der Waals surface area contributed by atoms with E-state index in [4.69, 9.17) is 0 Å². The summed E-state index contributed by atoms with van der Waals surface area (Å²) in [6.45, 7) is 22.8. The van der Waals surface area contributed by atoms with Gasteiger partial charge in [-0.3, -0.25) is 0 Å². The van der Waals surface area contributed by atoms with Crippen LogP contribution < -0.4 is 10.6 Å². The molecule has 0 heterocycles. The van der Waals surface area contributed by atoms with Crippen LogP contribution in [0.4, 0.5) is 22.7 Å². The molecule has 0 saturated carbocycles. The number of rotatable bonds is 9. The number of nitrogens with zero attached hydrogens (tertiary/aromatic N) is 1. The molecule has 0 spiro atoms. The molecular weight excluding hydrogens is 478 g/mol. The van der Waals surface area contributed by atoms with Crippen molar-refractivity contribution in [1.29, 1.82) is 0 Å². The van der Waals surface area contributed by atoms with E-state index in [1.54, 1.807) is 0 Å². The molecule has 0 aliphatic carbocycles. The number of nitroso groups, excluding NO2 is 1. The van der Waals surface area contributed by atoms with E-state index in [1.165, 1.54) is 12.0 Å². The second-order valence-corrected chi connectivity index (χ2v) is 14.5. The van der Waals surface area contributed by atoms with Gasteiger partial charge in [0.25, 0.3) is 0 Å². The molecule has 4 heteroatoms. The van der Waals surface area contributed by atoms with Crippen molar-refractivity contribution in [1.82, 2.24) is 0 Å². The van der Waals surface area contributed by atoms with Crippen LogP contribution in [0.1, 0.15) is 97.9 Å². The van der Waals surface area contributed by atoms with Crippen molar-refractivity contribution in [3.05, 3.63) is 87.8 Å². The van der Waals surface area contributed by atoms with Gasteiger partial charge in [0, 0.05) is 23.6 Å². The molecule has 0 aliphatic rings. The van der Waals surface area contributed by atoms with E-state index in [0.717, 1.165) is 40.2 Å². The van der Waals surface area contributed by atoms with Crippen LogP contribution in [0.15, 0.2) is 65.8 Å². The Kier molecular flexibility index (Phi) is 9.31. The van der Waals surface area contributed by atoms with Crippen LogP contribution in [0, 0.1) is 16.2 Å². The van der Waals surface area contributed by atoms with Crippen molar-refractivity contribution in [2.75, 3.05) is 10.6 Å². The third kappa shape index (κ3) is 8.95. The van der Waals surface area contributed by atoms with Crippen LogP contribution in [0.5, 0.6) is 0 Å². The lowest BCUT2D eigenvalue weighted by Crippen LogP contribution is -2.18. The summed E-state index contributed by atoms with van der Waals surface area (Å²) >= 11 is 0. The lowest BCUT2D eigenvalue weighted by Gasteiger charge is -2.28. The predicted molar refractivity (Wildman–Crippen MR) is 170 cm³/mol. The number of hydrogen-bond donors (Lipinski definition) is 2. The van der Waals surface area contributed by atoms with Gasteiger partial charge in [0.15, 0.2) is 0 Å². The molecule has 1 unspecified atom stereocenters. The third-order valence-corrected chi connectivity index (χ3v) is 7.05. The zero-order valence-electron chi connectivity index (χ0n) is 25.8. The Bertz CT molecular complexity index is 1200. The van der Waals surface area contributed by atoms with Crippen molar-refractivity contribution >= 4 is 22.7 Å². The van der Waals surface area contributed by atoms with E-state index in [2.05, 4.69) is 146 Å². The van der Waals surface area contributed by atoms with Crippen molar-refractivity contribution in [3.63, 3.8) is 0 Å². The smallest absolute Gasteiger partial charge is 0.115 e. The summed E-state index contributed by atoms with van der Waals surface area (Å²) in [6.07, 6.45) is 2.34. The van der Waals surface area contributed by atoms with Crippen molar-refractivity contribution in [2.45, 2.75) is 99.5 Å². The number of nitrogens with one attached hydrogen (secondary N) is 2. The second-order valence-electron chi connectivity index (χ2n) is 14.5. The first-order valence-corrected chi connectivity index (χ1v) is 14.3. The highest BCUT2D eigenvalue weighted by Gasteiger charge is 2.27. The van der Waals surface area contributed by atoms with Gasteiger partial charge in [-0.25, -0.2) is 0 Å². The Labute approximate surface area is 237 Å². The van der Waals surface area contributed by atoms with E-state index < -0.39 is 0 Å². The fourth-order valence-corrected chi connectivity index (χ4v) is 5.32.